The van der Waals surface area contributed by atoms with Crippen molar-refractivity contribution in [3.63, 3.8) is 0 Å². The summed E-state index contributed by atoms with van der Waals surface area (Å²) in [5, 5.41) is 15.2. The average molecular weight is 304 g/mol. The Kier molecular flexibility index (Phi) is 4.39. The van der Waals surface area contributed by atoms with Crippen LogP contribution in [0, 0.1) is 24.0 Å². The van der Waals surface area contributed by atoms with E-state index in [-0.39, 0.29) is 11.6 Å². The molecule has 8 heteroatoms. The number of aryl methyl sites for hydroxylation is 2. The summed E-state index contributed by atoms with van der Waals surface area (Å²) >= 11 is 1.30. The van der Waals surface area contributed by atoms with Crippen LogP contribution in [0.1, 0.15) is 25.9 Å². The van der Waals surface area contributed by atoms with Crippen LogP contribution < -0.4 is 5.43 Å². The predicted octanol–water partition coefficient (Wildman–Crippen LogP) is 2.43. The minimum Gasteiger partial charge on any atom is -0.266 e. The molecule has 0 aliphatic carbocycles. The van der Waals surface area contributed by atoms with Crippen LogP contribution in [-0.2, 0) is 0 Å². The average Bonchev–Trinajstić information content (AvgIpc) is 2.78. The third-order valence-corrected chi connectivity index (χ3v) is 3.67. The van der Waals surface area contributed by atoms with Crippen molar-refractivity contribution < 1.29 is 9.72 Å². The monoisotopic (exact) mass is 304 g/mol. The van der Waals surface area contributed by atoms with Crippen LogP contribution >= 0.6 is 11.3 Å². The maximum absolute atomic E-state index is 11.9. The Morgan fingerprint density at radius 3 is 2.57 bits per heavy atom. The van der Waals surface area contributed by atoms with Gasteiger partial charge < -0.3 is 0 Å². The molecule has 0 saturated carbocycles. The summed E-state index contributed by atoms with van der Waals surface area (Å²) < 4.78 is 0. The Hall–Kier alpha value is -2.61. The van der Waals surface area contributed by atoms with Crippen molar-refractivity contribution in [1.29, 1.82) is 0 Å². The Bertz CT molecular complexity index is 707. The third-order valence-electron chi connectivity index (χ3n) is 2.59. The summed E-state index contributed by atoms with van der Waals surface area (Å²) in [7, 11) is 0. The second-order valence-corrected chi connectivity index (χ2v) is 5.40. The quantitative estimate of drug-likeness (QED) is 0.533. The minimum atomic E-state index is -0.475. The van der Waals surface area contributed by atoms with Crippen molar-refractivity contribution in [3.8, 4) is 0 Å². The summed E-state index contributed by atoms with van der Waals surface area (Å²) in [6.45, 7) is 3.59. The van der Waals surface area contributed by atoms with E-state index in [1.165, 1.54) is 29.7 Å². The molecule has 1 aromatic carbocycles. The number of carbonyl (C=O) groups excluding carboxylic acids is 1. The number of hydrogen-bond acceptors (Lipinski definition) is 6. The number of nitro benzene ring substituents is 1. The van der Waals surface area contributed by atoms with Gasteiger partial charge in [0.2, 0.25) is 0 Å². The van der Waals surface area contributed by atoms with Crippen LogP contribution in [0.25, 0.3) is 0 Å². The molecule has 0 radical (unpaired) electrons. The lowest BCUT2D eigenvalue weighted by molar-refractivity contribution is -0.384. The van der Waals surface area contributed by atoms with Gasteiger partial charge in [-0.1, -0.05) is 0 Å². The number of aromatic nitrogens is 1. The summed E-state index contributed by atoms with van der Waals surface area (Å²) in [6.07, 6.45) is 1.42. The fourth-order valence-corrected chi connectivity index (χ4v) is 2.45. The topological polar surface area (TPSA) is 97.5 Å². The zero-order valence-corrected chi connectivity index (χ0v) is 12.2. The van der Waals surface area contributed by atoms with E-state index in [2.05, 4.69) is 15.5 Å². The lowest BCUT2D eigenvalue weighted by Gasteiger charge is -1.97. The smallest absolute Gasteiger partial charge is 0.266 e. The molecule has 0 aliphatic rings. The van der Waals surface area contributed by atoms with Gasteiger partial charge in [0, 0.05) is 12.1 Å². The number of carbonyl (C=O) groups is 1. The maximum Gasteiger partial charge on any atom is 0.283 e. The van der Waals surface area contributed by atoms with E-state index < -0.39 is 4.92 Å². The van der Waals surface area contributed by atoms with Crippen molar-refractivity contribution in [2.75, 3.05) is 0 Å². The molecule has 1 heterocycles. The molecule has 2 aromatic rings. The number of benzene rings is 1. The number of thiazole rings is 1. The SMILES string of the molecule is Cc1nc(C)c(C(=O)N/N=C/c2ccc([N+](=O)[O-])cc2)s1. The largest absolute Gasteiger partial charge is 0.283 e. The molecule has 1 aromatic heterocycles. The first-order valence-corrected chi connectivity index (χ1v) is 6.81. The molecule has 2 rings (SSSR count). The van der Waals surface area contributed by atoms with Crippen LogP contribution in [0.15, 0.2) is 29.4 Å². The summed E-state index contributed by atoms with van der Waals surface area (Å²) in [5.74, 6) is -0.323. The molecular formula is C13H12N4O3S. The first-order valence-electron chi connectivity index (χ1n) is 5.99. The number of nitrogens with zero attached hydrogens (tertiary/aromatic N) is 3. The van der Waals surface area contributed by atoms with Crippen molar-refractivity contribution >= 4 is 29.1 Å². The molecule has 0 unspecified atom stereocenters. The highest BCUT2D eigenvalue weighted by Crippen LogP contribution is 2.16. The Balaban J connectivity index is 2.00. The number of nitrogens with one attached hydrogen (secondary N) is 1. The summed E-state index contributed by atoms with van der Waals surface area (Å²) in [4.78, 5) is 26.6. The second kappa shape index (κ2) is 6.23. The zero-order valence-electron chi connectivity index (χ0n) is 11.4. The Morgan fingerprint density at radius 1 is 1.38 bits per heavy atom. The number of nitro groups is 1. The number of hydrogen-bond donors (Lipinski definition) is 1. The standard InChI is InChI=1S/C13H12N4O3S/c1-8-12(21-9(2)15-8)13(18)16-14-7-10-3-5-11(6-4-10)17(19)20/h3-7H,1-2H3,(H,16,18)/b14-7+. The van der Waals surface area contributed by atoms with E-state index in [1.54, 1.807) is 19.1 Å². The molecule has 0 aliphatic heterocycles. The van der Waals surface area contributed by atoms with Gasteiger partial charge in [0.05, 0.1) is 21.8 Å². The van der Waals surface area contributed by atoms with Gasteiger partial charge in [0.15, 0.2) is 0 Å². The van der Waals surface area contributed by atoms with E-state index in [1.807, 2.05) is 6.92 Å². The van der Waals surface area contributed by atoms with Crippen LogP contribution in [0.3, 0.4) is 0 Å². The third kappa shape index (κ3) is 3.69. The maximum atomic E-state index is 11.9. The van der Waals surface area contributed by atoms with Crippen molar-refractivity contribution in [2.24, 2.45) is 5.10 Å². The zero-order chi connectivity index (χ0) is 15.4. The molecule has 1 amide bonds. The van der Waals surface area contributed by atoms with Gasteiger partial charge >= 0.3 is 0 Å². The van der Waals surface area contributed by atoms with Crippen LogP contribution in [0.5, 0.6) is 0 Å². The van der Waals surface area contributed by atoms with Crippen LogP contribution in [-0.4, -0.2) is 22.0 Å². The fourth-order valence-electron chi connectivity index (χ4n) is 1.64. The summed E-state index contributed by atoms with van der Waals surface area (Å²) in [6, 6.07) is 5.85. The van der Waals surface area contributed by atoms with Crippen molar-refractivity contribution in [2.45, 2.75) is 13.8 Å². The van der Waals surface area contributed by atoms with Crippen LogP contribution in [0.4, 0.5) is 5.69 Å². The highest BCUT2D eigenvalue weighted by molar-refractivity contribution is 7.13. The molecular weight excluding hydrogens is 292 g/mol. The lowest BCUT2D eigenvalue weighted by Crippen LogP contribution is -2.17. The molecule has 0 bridgehead atoms. The van der Waals surface area contributed by atoms with Gasteiger partial charge in [-0.3, -0.25) is 14.9 Å². The highest BCUT2D eigenvalue weighted by atomic mass is 32.1. The number of non-ortho nitro benzene ring substituents is 1. The molecule has 21 heavy (non-hydrogen) atoms. The van der Waals surface area contributed by atoms with Gasteiger partial charge in [0.1, 0.15) is 4.88 Å². The molecule has 0 saturated heterocycles. The normalized spacial score (nSPS) is 10.8. The Labute approximate surface area is 124 Å². The summed E-state index contributed by atoms with van der Waals surface area (Å²) in [5.41, 5.74) is 3.73. The van der Waals surface area contributed by atoms with Crippen LogP contribution in [0.2, 0.25) is 0 Å². The number of hydrazone groups is 1. The predicted molar refractivity (Wildman–Crippen MR) is 79.7 cm³/mol. The van der Waals surface area contributed by atoms with Gasteiger partial charge in [-0.25, -0.2) is 10.4 Å². The molecule has 7 nitrogen and oxygen atoms in total. The van der Waals surface area contributed by atoms with Crippen molar-refractivity contribution in [1.82, 2.24) is 10.4 Å². The van der Waals surface area contributed by atoms with Gasteiger partial charge in [0.25, 0.3) is 11.6 Å². The van der Waals surface area contributed by atoms with E-state index in [4.69, 9.17) is 0 Å². The molecule has 0 fully saturated rings. The Morgan fingerprint density at radius 2 is 2.05 bits per heavy atom. The number of amides is 1. The van der Waals surface area contributed by atoms with Crippen molar-refractivity contribution in [3.05, 3.63) is 55.5 Å². The van der Waals surface area contributed by atoms with Gasteiger partial charge in [-0.05, 0) is 31.5 Å². The van der Waals surface area contributed by atoms with E-state index in [0.717, 1.165) is 5.01 Å². The molecule has 108 valence electrons. The minimum absolute atomic E-state index is 0.00643. The van der Waals surface area contributed by atoms with E-state index >= 15 is 0 Å². The fraction of sp³-hybridized carbons (Fsp3) is 0.154. The second-order valence-electron chi connectivity index (χ2n) is 4.20. The first kappa shape index (κ1) is 14.8. The number of rotatable bonds is 4. The van der Waals surface area contributed by atoms with Gasteiger partial charge in [-0.2, -0.15) is 5.10 Å². The first-order chi connectivity index (χ1) is 9.97. The molecule has 0 atom stereocenters. The van der Waals surface area contributed by atoms with Gasteiger partial charge in [-0.15, -0.1) is 11.3 Å². The highest BCUT2D eigenvalue weighted by Gasteiger charge is 2.12. The van der Waals surface area contributed by atoms with E-state index in [9.17, 15) is 14.9 Å². The lowest BCUT2D eigenvalue weighted by atomic mass is 10.2. The molecule has 0 spiro atoms. The van der Waals surface area contributed by atoms with E-state index in [0.29, 0.717) is 16.1 Å². The molecule has 1 N–H and O–H groups in total.